The van der Waals surface area contributed by atoms with Gasteiger partial charge in [-0.05, 0) is 12.5 Å². The second-order valence-electron chi connectivity index (χ2n) is 5.82. The van der Waals surface area contributed by atoms with Gasteiger partial charge >= 0.3 is 0 Å². The lowest BCUT2D eigenvalue weighted by Crippen LogP contribution is -2.50. The molecule has 0 bridgehead atoms. The molecule has 3 heteroatoms. The van der Waals surface area contributed by atoms with Gasteiger partial charge in [-0.1, -0.05) is 26.8 Å². The Balaban J connectivity index is 2.09. The summed E-state index contributed by atoms with van der Waals surface area (Å²) in [4.78, 5) is 12.4. The zero-order valence-electron chi connectivity index (χ0n) is 9.59. The maximum Gasteiger partial charge on any atom is 0.206 e. The first-order valence-electron chi connectivity index (χ1n) is 5.40. The van der Waals surface area contributed by atoms with E-state index in [2.05, 4.69) is 26.8 Å². The zero-order valence-corrected chi connectivity index (χ0v) is 9.59. The largest absolute Gasteiger partial charge is 0.356 e. The molecule has 3 atom stereocenters. The Kier molecular flexibility index (Phi) is 1.40. The Morgan fingerprint density at radius 3 is 2.53 bits per heavy atom. The molecular formula is C12H16O3. The van der Waals surface area contributed by atoms with Crippen molar-refractivity contribution in [3.8, 4) is 0 Å². The van der Waals surface area contributed by atoms with Gasteiger partial charge in [0.25, 0.3) is 0 Å². The normalized spacial score (nSPS) is 47.6. The van der Waals surface area contributed by atoms with Crippen molar-refractivity contribution >= 4 is 5.78 Å². The molecule has 0 N–H and O–H groups in total. The molecule has 0 amide bonds. The molecule has 15 heavy (non-hydrogen) atoms. The SMILES string of the molecule is CC1=C[C@H]2O[C@]2(C(C)(C)C)C(=O)[C@]12CO2. The molecule has 0 radical (unpaired) electrons. The van der Waals surface area contributed by atoms with Crippen LogP contribution in [0.25, 0.3) is 0 Å². The van der Waals surface area contributed by atoms with E-state index in [0.29, 0.717) is 6.61 Å². The highest BCUT2D eigenvalue weighted by molar-refractivity contribution is 6.04. The Bertz CT molecular complexity index is 384. The summed E-state index contributed by atoms with van der Waals surface area (Å²) in [6.45, 7) is 8.64. The quantitative estimate of drug-likeness (QED) is 0.447. The van der Waals surface area contributed by atoms with Crippen molar-refractivity contribution in [2.24, 2.45) is 5.41 Å². The van der Waals surface area contributed by atoms with Crippen molar-refractivity contribution in [3.05, 3.63) is 11.6 Å². The van der Waals surface area contributed by atoms with Crippen molar-refractivity contribution in [2.75, 3.05) is 6.61 Å². The first-order chi connectivity index (χ1) is 6.84. The van der Waals surface area contributed by atoms with Gasteiger partial charge in [0.15, 0.2) is 11.2 Å². The summed E-state index contributed by atoms with van der Waals surface area (Å²) in [7, 11) is 0. The van der Waals surface area contributed by atoms with Gasteiger partial charge in [0.05, 0.1) is 6.61 Å². The number of rotatable bonds is 0. The van der Waals surface area contributed by atoms with Crippen molar-refractivity contribution in [1.29, 1.82) is 0 Å². The Labute approximate surface area is 89.4 Å². The second kappa shape index (κ2) is 2.20. The molecule has 3 rings (SSSR count). The topological polar surface area (TPSA) is 42.1 Å². The van der Waals surface area contributed by atoms with E-state index in [-0.39, 0.29) is 17.3 Å². The van der Waals surface area contributed by atoms with E-state index < -0.39 is 11.2 Å². The van der Waals surface area contributed by atoms with Gasteiger partial charge in [0, 0.05) is 5.41 Å². The van der Waals surface area contributed by atoms with Crippen LogP contribution in [0.3, 0.4) is 0 Å². The van der Waals surface area contributed by atoms with Crippen molar-refractivity contribution in [1.82, 2.24) is 0 Å². The first kappa shape index (κ1) is 9.55. The summed E-state index contributed by atoms with van der Waals surface area (Å²) in [5.74, 6) is 0.132. The number of hydrogen-bond donors (Lipinski definition) is 0. The Hall–Kier alpha value is -0.670. The lowest BCUT2D eigenvalue weighted by atomic mass is 9.68. The van der Waals surface area contributed by atoms with E-state index in [4.69, 9.17) is 9.47 Å². The van der Waals surface area contributed by atoms with Crippen LogP contribution in [0, 0.1) is 5.41 Å². The average Bonchev–Trinajstić information content (AvgIpc) is 2.94. The van der Waals surface area contributed by atoms with Gasteiger partial charge in [-0.15, -0.1) is 0 Å². The van der Waals surface area contributed by atoms with Gasteiger partial charge in [-0.25, -0.2) is 0 Å². The first-order valence-corrected chi connectivity index (χ1v) is 5.40. The molecule has 2 heterocycles. The smallest absolute Gasteiger partial charge is 0.206 e. The summed E-state index contributed by atoms with van der Waals surface area (Å²) < 4.78 is 11.1. The third kappa shape index (κ3) is 0.871. The number of hydrogen-bond acceptors (Lipinski definition) is 3. The third-order valence-corrected chi connectivity index (χ3v) is 3.95. The van der Waals surface area contributed by atoms with E-state index in [0.717, 1.165) is 5.57 Å². The van der Waals surface area contributed by atoms with E-state index in [9.17, 15) is 4.79 Å². The molecule has 0 unspecified atom stereocenters. The maximum absolute atomic E-state index is 12.4. The predicted octanol–water partition coefficient (Wildman–Crippen LogP) is 1.47. The predicted molar refractivity (Wildman–Crippen MR) is 54.5 cm³/mol. The number of ketones is 1. The molecule has 1 spiro atoms. The standard InChI is InChI=1S/C12H16O3/c1-7-5-8-12(15-8,10(2,3)4)9(13)11(7)6-14-11/h5,8H,6H2,1-4H3/t8-,11+,12+/m1/s1. The molecule has 0 aromatic carbocycles. The molecule has 0 saturated carbocycles. The minimum Gasteiger partial charge on any atom is -0.356 e. The van der Waals surface area contributed by atoms with Gasteiger partial charge < -0.3 is 9.47 Å². The van der Waals surface area contributed by atoms with Gasteiger partial charge in [-0.2, -0.15) is 0 Å². The molecule has 3 aliphatic rings. The zero-order chi connectivity index (χ0) is 11.1. The molecular weight excluding hydrogens is 192 g/mol. The van der Waals surface area contributed by atoms with Crippen molar-refractivity contribution < 1.29 is 14.3 Å². The Morgan fingerprint density at radius 2 is 2.07 bits per heavy atom. The average molecular weight is 208 g/mol. The van der Waals surface area contributed by atoms with Crippen molar-refractivity contribution in [3.63, 3.8) is 0 Å². The van der Waals surface area contributed by atoms with Crippen LogP contribution in [0.15, 0.2) is 11.6 Å². The second-order valence-corrected chi connectivity index (χ2v) is 5.82. The van der Waals surface area contributed by atoms with Gasteiger partial charge in [0.2, 0.25) is 5.78 Å². The fraction of sp³-hybridized carbons (Fsp3) is 0.750. The highest BCUT2D eigenvalue weighted by atomic mass is 16.6. The number of fused-ring (bicyclic) bond motifs is 1. The van der Waals surface area contributed by atoms with E-state index in [1.54, 1.807) is 0 Å². The number of carbonyl (C=O) groups excluding carboxylic acids is 1. The van der Waals surface area contributed by atoms with Crippen LogP contribution in [-0.4, -0.2) is 29.7 Å². The summed E-state index contributed by atoms with van der Waals surface area (Å²) in [5, 5.41) is 0. The lowest BCUT2D eigenvalue weighted by Gasteiger charge is -2.31. The minimum atomic E-state index is -0.625. The number of carbonyl (C=O) groups is 1. The van der Waals surface area contributed by atoms with Crippen molar-refractivity contribution in [2.45, 2.75) is 45.0 Å². The van der Waals surface area contributed by atoms with Crippen LogP contribution in [0.5, 0.6) is 0 Å². The monoisotopic (exact) mass is 208 g/mol. The van der Waals surface area contributed by atoms with Crippen LogP contribution >= 0.6 is 0 Å². The van der Waals surface area contributed by atoms with E-state index in [1.165, 1.54) is 0 Å². The molecule has 82 valence electrons. The molecule has 2 aliphatic heterocycles. The van der Waals surface area contributed by atoms with Crippen LogP contribution in [0.2, 0.25) is 0 Å². The van der Waals surface area contributed by atoms with E-state index >= 15 is 0 Å². The molecule has 0 aromatic rings. The highest BCUT2D eigenvalue weighted by Crippen LogP contribution is 2.60. The summed E-state index contributed by atoms with van der Waals surface area (Å²) in [5.41, 5.74) is -0.386. The molecule has 0 aromatic heterocycles. The number of ether oxygens (including phenoxy) is 2. The summed E-state index contributed by atoms with van der Waals surface area (Å²) in [6, 6.07) is 0. The van der Waals surface area contributed by atoms with Crippen LogP contribution < -0.4 is 0 Å². The fourth-order valence-electron chi connectivity index (χ4n) is 2.72. The van der Waals surface area contributed by atoms with Gasteiger partial charge in [0.1, 0.15) is 6.10 Å². The molecule has 3 nitrogen and oxygen atoms in total. The summed E-state index contributed by atoms with van der Waals surface area (Å²) >= 11 is 0. The van der Waals surface area contributed by atoms with Crippen LogP contribution in [0.1, 0.15) is 27.7 Å². The maximum atomic E-state index is 12.4. The highest BCUT2D eigenvalue weighted by Gasteiger charge is 2.77. The lowest BCUT2D eigenvalue weighted by molar-refractivity contribution is -0.132. The number of epoxide rings is 2. The van der Waals surface area contributed by atoms with Crippen LogP contribution in [-0.2, 0) is 14.3 Å². The van der Waals surface area contributed by atoms with Gasteiger partial charge in [-0.3, -0.25) is 4.79 Å². The van der Waals surface area contributed by atoms with Crippen LogP contribution in [0.4, 0.5) is 0 Å². The molecule has 1 aliphatic carbocycles. The van der Waals surface area contributed by atoms with E-state index in [1.807, 2.05) is 6.92 Å². The molecule has 2 fully saturated rings. The third-order valence-electron chi connectivity index (χ3n) is 3.95. The fourth-order valence-corrected chi connectivity index (χ4v) is 2.72. The summed E-state index contributed by atoms with van der Waals surface area (Å²) in [6.07, 6.45) is 2.03. The number of Topliss-reactive ketones (excluding diaryl/α,β-unsaturated/α-hetero) is 1. The minimum absolute atomic E-state index is 0.0279. The Morgan fingerprint density at radius 1 is 1.47 bits per heavy atom. The molecule has 2 saturated heterocycles.